The number of ether oxygens (including phenoxy) is 3. The summed E-state index contributed by atoms with van der Waals surface area (Å²) >= 11 is 3.27. The average molecular weight is 435 g/mol. The van der Waals surface area contributed by atoms with Crippen LogP contribution in [0.15, 0.2) is 46.9 Å². The second-order valence-corrected chi connectivity index (χ2v) is 6.36. The van der Waals surface area contributed by atoms with E-state index in [1.54, 1.807) is 30.3 Å². The number of carbonyl (C=O) groups excluding carboxylic acids is 3. The molecule has 1 heterocycles. The van der Waals surface area contributed by atoms with E-state index in [0.29, 0.717) is 30.3 Å². The first kappa shape index (κ1) is 18.7. The first-order valence-corrected chi connectivity index (χ1v) is 8.74. The van der Waals surface area contributed by atoms with E-state index in [1.807, 2.05) is 0 Å². The summed E-state index contributed by atoms with van der Waals surface area (Å²) in [6.07, 6.45) is 0. The monoisotopic (exact) mass is 434 g/mol. The lowest BCUT2D eigenvalue weighted by Crippen LogP contribution is -2.43. The Bertz CT molecular complexity index is 869. The molecule has 0 aliphatic carbocycles. The van der Waals surface area contributed by atoms with Gasteiger partial charge in [0.25, 0.3) is 11.8 Å². The molecule has 0 atom stereocenters. The van der Waals surface area contributed by atoms with Crippen LogP contribution in [0.25, 0.3) is 0 Å². The Morgan fingerprint density at radius 2 is 1.59 bits per heavy atom. The van der Waals surface area contributed by atoms with E-state index >= 15 is 0 Å². The van der Waals surface area contributed by atoms with Gasteiger partial charge >= 0.3 is 5.97 Å². The lowest BCUT2D eigenvalue weighted by atomic mass is 10.2. The topological polar surface area (TPSA) is 103 Å². The average Bonchev–Trinajstić information content (AvgIpc) is 2.70. The summed E-state index contributed by atoms with van der Waals surface area (Å²) in [6, 6.07) is 11.2. The molecule has 0 radical (unpaired) electrons. The van der Waals surface area contributed by atoms with Gasteiger partial charge in [-0.15, -0.1) is 0 Å². The van der Waals surface area contributed by atoms with Gasteiger partial charge in [-0.25, -0.2) is 4.79 Å². The Kier molecular flexibility index (Phi) is 5.92. The number of hydrogen-bond donors (Lipinski definition) is 2. The fourth-order valence-electron chi connectivity index (χ4n) is 2.22. The Morgan fingerprint density at radius 1 is 0.926 bits per heavy atom. The SMILES string of the molecule is O=C(COC(=O)c1ccc2c(c1)OCCO2)NNC(=O)c1ccc(Br)cc1. The number of hydrazine groups is 1. The van der Waals surface area contributed by atoms with Gasteiger partial charge in [0.05, 0.1) is 5.56 Å². The summed E-state index contributed by atoms with van der Waals surface area (Å²) in [5.41, 5.74) is 5.02. The van der Waals surface area contributed by atoms with Crippen molar-refractivity contribution in [3.8, 4) is 11.5 Å². The quantitative estimate of drug-likeness (QED) is 0.562. The van der Waals surface area contributed by atoms with Crippen LogP contribution < -0.4 is 20.3 Å². The molecule has 2 amide bonds. The number of carbonyl (C=O) groups is 3. The van der Waals surface area contributed by atoms with Gasteiger partial charge in [0.1, 0.15) is 13.2 Å². The molecule has 0 aromatic heterocycles. The van der Waals surface area contributed by atoms with Crippen molar-refractivity contribution in [1.82, 2.24) is 10.9 Å². The minimum Gasteiger partial charge on any atom is -0.486 e. The highest BCUT2D eigenvalue weighted by molar-refractivity contribution is 9.10. The second-order valence-electron chi connectivity index (χ2n) is 5.44. The van der Waals surface area contributed by atoms with E-state index < -0.39 is 24.4 Å². The van der Waals surface area contributed by atoms with Crippen LogP contribution in [0.3, 0.4) is 0 Å². The number of amides is 2. The molecule has 2 aromatic carbocycles. The fraction of sp³-hybridized carbons (Fsp3) is 0.167. The number of halogens is 1. The normalized spacial score (nSPS) is 12.0. The molecule has 0 unspecified atom stereocenters. The smallest absolute Gasteiger partial charge is 0.338 e. The molecule has 8 nitrogen and oxygen atoms in total. The van der Waals surface area contributed by atoms with E-state index in [0.717, 1.165) is 4.47 Å². The zero-order valence-corrected chi connectivity index (χ0v) is 15.6. The van der Waals surface area contributed by atoms with Crippen LogP contribution in [0.1, 0.15) is 20.7 Å². The zero-order chi connectivity index (χ0) is 19.2. The highest BCUT2D eigenvalue weighted by Crippen LogP contribution is 2.30. The lowest BCUT2D eigenvalue weighted by molar-refractivity contribution is -0.125. The molecular weight excluding hydrogens is 420 g/mol. The largest absolute Gasteiger partial charge is 0.486 e. The van der Waals surface area contributed by atoms with Gasteiger partial charge < -0.3 is 14.2 Å². The highest BCUT2D eigenvalue weighted by atomic mass is 79.9. The number of hydrogen-bond acceptors (Lipinski definition) is 6. The van der Waals surface area contributed by atoms with Crippen molar-refractivity contribution in [2.24, 2.45) is 0 Å². The molecule has 0 bridgehead atoms. The molecule has 2 N–H and O–H groups in total. The molecule has 2 aromatic rings. The molecule has 140 valence electrons. The minimum absolute atomic E-state index is 0.228. The third-order valence-electron chi connectivity index (χ3n) is 3.53. The van der Waals surface area contributed by atoms with Gasteiger partial charge in [-0.3, -0.25) is 20.4 Å². The van der Waals surface area contributed by atoms with Gasteiger partial charge in [0.2, 0.25) is 0 Å². The Hall–Kier alpha value is -3.07. The molecule has 27 heavy (non-hydrogen) atoms. The summed E-state index contributed by atoms with van der Waals surface area (Å²) in [5.74, 6) is -0.866. The van der Waals surface area contributed by atoms with Crippen LogP contribution in [0.2, 0.25) is 0 Å². The molecule has 0 fully saturated rings. The van der Waals surface area contributed by atoms with Crippen LogP contribution in [0.5, 0.6) is 11.5 Å². The highest BCUT2D eigenvalue weighted by Gasteiger charge is 2.17. The van der Waals surface area contributed by atoms with Crippen molar-refractivity contribution < 1.29 is 28.6 Å². The number of fused-ring (bicyclic) bond motifs is 1. The summed E-state index contributed by atoms with van der Waals surface area (Å²) in [6.45, 7) is 0.294. The maximum absolute atomic E-state index is 12.0. The van der Waals surface area contributed by atoms with Crippen molar-refractivity contribution in [2.45, 2.75) is 0 Å². The van der Waals surface area contributed by atoms with Crippen LogP contribution in [-0.2, 0) is 9.53 Å². The molecule has 0 saturated heterocycles. The third-order valence-corrected chi connectivity index (χ3v) is 4.06. The maximum Gasteiger partial charge on any atom is 0.338 e. The van der Waals surface area contributed by atoms with Crippen LogP contribution in [0.4, 0.5) is 0 Å². The molecule has 9 heteroatoms. The molecule has 0 saturated carbocycles. The Morgan fingerprint density at radius 3 is 2.33 bits per heavy atom. The molecule has 1 aliphatic rings. The summed E-state index contributed by atoms with van der Waals surface area (Å²) in [5, 5.41) is 0. The van der Waals surface area contributed by atoms with E-state index in [1.165, 1.54) is 12.1 Å². The minimum atomic E-state index is -0.693. The number of esters is 1. The Balaban J connectivity index is 1.46. The van der Waals surface area contributed by atoms with E-state index in [-0.39, 0.29) is 5.56 Å². The van der Waals surface area contributed by atoms with Crippen molar-refractivity contribution >= 4 is 33.7 Å². The van der Waals surface area contributed by atoms with E-state index in [4.69, 9.17) is 14.2 Å². The maximum atomic E-state index is 12.0. The van der Waals surface area contributed by atoms with Crippen molar-refractivity contribution in [2.75, 3.05) is 19.8 Å². The number of rotatable bonds is 4. The number of nitrogens with one attached hydrogen (secondary N) is 2. The molecule has 1 aliphatic heterocycles. The first-order chi connectivity index (χ1) is 13.0. The fourth-order valence-corrected chi connectivity index (χ4v) is 2.49. The van der Waals surface area contributed by atoms with Gasteiger partial charge in [0, 0.05) is 10.0 Å². The molecule has 0 spiro atoms. The Labute approximate surface area is 162 Å². The van der Waals surface area contributed by atoms with Crippen LogP contribution in [-0.4, -0.2) is 37.6 Å². The van der Waals surface area contributed by atoms with Gasteiger partial charge in [-0.05, 0) is 42.5 Å². The summed E-state index contributed by atoms with van der Waals surface area (Å²) in [7, 11) is 0. The standard InChI is InChI=1S/C18H15BrN2O6/c19-13-4-1-11(2-5-13)17(23)21-20-16(22)10-27-18(24)12-3-6-14-15(9-12)26-8-7-25-14/h1-6,9H,7-8,10H2,(H,20,22)(H,21,23). The zero-order valence-electron chi connectivity index (χ0n) is 14.0. The summed E-state index contributed by atoms with van der Waals surface area (Å²) < 4.78 is 16.5. The van der Waals surface area contributed by atoms with Gasteiger partial charge in [0.15, 0.2) is 18.1 Å². The molecule has 3 rings (SSSR count). The van der Waals surface area contributed by atoms with Crippen molar-refractivity contribution in [1.29, 1.82) is 0 Å². The number of benzene rings is 2. The van der Waals surface area contributed by atoms with Crippen molar-refractivity contribution in [3.63, 3.8) is 0 Å². The van der Waals surface area contributed by atoms with E-state index in [9.17, 15) is 14.4 Å². The predicted octanol–water partition coefficient (Wildman–Crippen LogP) is 1.84. The van der Waals surface area contributed by atoms with Gasteiger partial charge in [-0.2, -0.15) is 0 Å². The predicted molar refractivity (Wildman–Crippen MR) is 97.5 cm³/mol. The van der Waals surface area contributed by atoms with Crippen LogP contribution >= 0.6 is 15.9 Å². The van der Waals surface area contributed by atoms with Gasteiger partial charge in [-0.1, -0.05) is 15.9 Å². The second kappa shape index (κ2) is 8.54. The lowest BCUT2D eigenvalue weighted by Gasteiger charge is -2.18. The molecular formula is C18H15BrN2O6. The first-order valence-electron chi connectivity index (χ1n) is 7.94. The summed E-state index contributed by atoms with van der Waals surface area (Å²) in [4.78, 5) is 35.7. The van der Waals surface area contributed by atoms with Crippen LogP contribution in [0, 0.1) is 0 Å². The third kappa shape index (κ3) is 4.98. The van der Waals surface area contributed by atoms with Crippen molar-refractivity contribution in [3.05, 3.63) is 58.1 Å². The van der Waals surface area contributed by atoms with E-state index in [2.05, 4.69) is 26.8 Å².